The number of carbonyl (C=O) groups excluding carboxylic acids is 2. The summed E-state index contributed by atoms with van der Waals surface area (Å²) < 4.78 is 10.6. The lowest BCUT2D eigenvalue weighted by Crippen LogP contribution is -2.54. The second-order valence-electron chi connectivity index (χ2n) is 9.10. The minimum Gasteiger partial charge on any atom is -0.444 e. The third kappa shape index (κ3) is 8.79. The molecule has 0 saturated carbocycles. The second-order valence-corrected chi connectivity index (χ2v) is 9.10. The summed E-state index contributed by atoms with van der Waals surface area (Å²) in [6.07, 6.45) is 0.0155. The van der Waals surface area contributed by atoms with Crippen LogP contribution >= 0.6 is 0 Å². The van der Waals surface area contributed by atoms with Gasteiger partial charge in [-0.2, -0.15) is 0 Å². The van der Waals surface area contributed by atoms with E-state index in [0.29, 0.717) is 25.9 Å². The van der Waals surface area contributed by atoms with Crippen LogP contribution in [0.15, 0.2) is 0 Å². The van der Waals surface area contributed by atoms with Crippen LogP contribution in [-0.2, 0) is 9.47 Å². The van der Waals surface area contributed by atoms with Crippen molar-refractivity contribution in [2.75, 3.05) is 19.7 Å². The van der Waals surface area contributed by atoms with Gasteiger partial charge in [0.05, 0.1) is 18.8 Å². The van der Waals surface area contributed by atoms with Crippen LogP contribution in [0.2, 0.25) is 0 Å². The molecule has 0 bridgehead atoms. The van der Waals surface area contributed by atoms with Crippen LogP contribution in [-0.4, -0.2) is 70.3 Å². The number of ether oxygens (including phenoxy) is 2. The zero-order valence-corrected chi connectivity index (χ0v) is 17.4. The predicted octanol–water partition coefficient (Wildman–Crippen LogP) is 2.27. The number of nitrogens with zero attached hydrogens (tertiary/aromatic N) is 1. The molecule has 3 atom stereocenters. The van der Waals surface area contributed by atoms with Crippen molar-refractivity contribution in [2.24, 2.45) is 5.92 Å². The van der Waals surface area contributed by atoms with Crippen LogP contribution in [0.5, 0.6) is 0 Å². The van der Waals surface area contributed by atoms with E-state index in [4.69, 9.17) is 9.47 Å². The number of carbonyl (C=O) groups is 2. The number of aliphatic hydroxyl groups excluding tert-OH is 2. The molecule has 158 valence electrons. The largest absolute Gasteiger partial charge is 0.444 e. The number of hydrogen-bond acceptors (Lipinski definition) is 6. The first kappa shape index (κ1) is 23.5. The fraction of sp³-hybridized carbons (Fsp3) is 0.895. The molecule has 1 saturated heterocycles. The Morgan fingerprint density at radius 3 is 2.26 bits per heavy atom. The van der Waals surface area contributed by atoms with Crippen molar-refractivity contribution in [3.8, 4) is 0 Å². The number of piperidine rings is 1. The van der Waals surface area contributed by atoms with Crippen molar-refractivity contribution >= 4 is 12.2 Å². The van der Waals surface area contributed by atoms with Gasteiger partial charge in [-0.25, -0.2) is 9.59 Å². The van der Waals surface area contributed by atoms with Crippen molar-refractivity contribution in [3.05, 3.63) is 0 Å². The zero-order valence-electron chi connectivity index (χ0n) is 17.4. The van der Waals surface area contributed by atoms with Crippen LogP contribution in [0.4, 0.5) is 9.59 Å². The van der Waals surface area contributed by atoms with Gasteiger partial charge in [-0.1, -0.05) is 0 Å². The van der Waals surface area contributed by atoms with Crippen LogP contribution in [0.25, 0.3) is 0 Å². The van der Waals surface area contributed by atoms with Gasteiger partial charge in [-0.05, 0) is 66.7 Å². The lowest BCUT2D eigenvalue weighted by atomic mass is 9.86. The molecule has 0 aliphatic carbocycles. The molecule has 8 nitrogen and oxygen atoms in total. The van der Waals surface area contributed by atoms with Crippen molar-refractivity contribution < 1.29 is 29.3 Å². The quantitative estimate of drug-likeness (QED) is 0.667. The first-order chi connectivity index (χ1) is 12.3. The molecule has 1 heterocycles. The Labute approximate surface area is 162 Å². The van der Waals surface area contributed by atoms with Crippen molar-refractivity contribution in [2.45, 2.75) is 84.2 Å². The van der Waals surface area contributed by atoms with Gasteiger partial charge in [0.15, 0.2) is 0 Å². The van der Waals surface area contributed by atoms with E-state index in [1.54, 1.807) is 41.5 Å². The van der Waals surface area contributed by atoms with Gasteiger partial charge < -0.3 is 29.9 Å². The highest BCUT2D eigenvalue weighted by molar-refractivity contribution is 5.69. The summed E-state index contributed by atoms with van der Waals surface area (Å²) in [7, 11) is 0. The van der Waals surface area contributed by atoms with Crippen LogP contribution in [0.3, 0.4) is 0 Å². The van der Waals surface area contributed by atoms with Crippen molar-refractivity contribution in [1.82, 2.24) is 10.2 Å². The third-order valence-electron chi connectivity index (χ3n) is 4.23. The number of alkyl carbamates (subject to hydrolysis) is 1. The number of hydrogen-bond donors (Lipinski definition) is 3. The summed E-state index contributed by atoms with van der Waals surface area (Å²) >= 11 is 0. The molecule has 0 aromatic rings. The molecule has 27 heavy (non-hydrogen) atoms. The fourth-order valence-corrected chi connectivity index (χ4v) is 3.06. The molecule has 1 aliphatic rings. The highest BCUT2D eigenvalue weighted by Gasteiger charge is 2.37. The molecule has 3 N–H and O–H groups in total. The van der Waals surface area contributed by atoms with E-state index in [9.17, 15) is 19.8 Å². The number of likely N-dealkylation sites (tertiary alicyclic amines) is 1. The maximum atomic E-state index is 12.4. The van der Waals surface area contributed by atoms with Crippen molar-refractivity contribution in [3.63, 3.8) is 0 Å². The topological polar surface area (TPSA) is 108 Å². The molecular formula is C19H36N2O6. The highest BCUT2D eigenvalue weighted by atomic mass is 16.6. The number of amides is 2. The van der Waals surface area contributed by atoms with E-state index in [0.717, 1.165) is 6.42 Å². The molecule has 8 heteroatoms. The predicted molar refractivity (Wildman–Crippen MR) is 101 cm³/mol. The molecular weight excluding hydrogens is 352 g/mol. The van der Waals surface area contributed by atoms with E-state index in [1.807, 2.05) is 0 Å². The van der Waals surface area contributed by atoms with Crippen molar-refractivity contribution in [1.29, 1.82) is 0 Å². The minimum atomic E-state index is -1.03. The molecule has 0 radical (unpaired) electrons. The molecule has 0 aromatic heterocycles. The first-order valence-electron chi connectivity index (χ1n) is 9.58. The Hall–Kier alpha value is -1.54. The molecule has 0 unspecified atom stereocenters. The summed E-state index contributed by atoms with van der Waals surface area (Å²) in [6, 6.07) is -0.509. The normalized spacial score (nSPS) is 22.1. The smallest absolute Gasteiger partial charge is 0.410 e. The zero-order chi connectivity index (χ0) is 20.8. The molecule has 1 fully saturated rings. The van der Waals surface area contributed by atoms with E-state index in [2.05, 4.69) is 5.32 Å². The average Bonchev–Trinajstić information content (AvgIpc) is 2.50. The summed E-state index contributed by atoms with van der Waals surface area (Å²) in [5, 5.41) is 22.3. The summed E-state index contributed by atoms with van der Waals surface area (Å²) in [5.74, 6) is 0.213. The lowest BCUT2D eigenvalue weighted by Gasteiger charge is -2.41. The first-order valence-corrected chi connectivity index (χ1v) is 9.58. The highest BCUT2D eigenvalue weighted by Crippen LogP contribution is 2.28. The van der Waals surface area contributed by atoms with Gasteiger partial charge in [0, 0.05) is 13.1 Å². The van der Waals surface area contributed by atoms with Gasteiger partial charge in [-0.3, -0.25) is 0 Å². The SMILES string of the molecule is CC(C)(C)OC(=O)NCC[C@@H]1CCN(C(=O)OC(C)(C)C)[C@@H]([C@H](O)CO)C1. The fourth-order valence-electron chi connectivity index (χ4n) is 3.06. The van der Waals surface area contributed by atoms with E-state index in [1.165, 1.54) is 4.90 Å². The third-order valence-corrected chi connectivity index (χ3v) is 4.23. The summed E-state index contributed by atoms with van der Waals surface area (Å²) in [4.78, 5) is 25.6. The lowest BCUT2D eigenvalue weighted by molar-refractivity contribution is -0.0378. The molecule has 0 aromatic carbocycles. The number of aliphatic hydroxyl groups is 2. The standard InChI is InChI=1S/C19H36N2O6/c1-18(2,3)26-16(24)20-9-7-13-8-10-21(14(11-13)15(23)12-22)17(25)27-19(4,5)6/h13-15,22-23H,7-12H2,1-6H3,(H,20,24)/t13-,14-,15-/m1/s1. The monoisotopic (exact) mass is 388 g/mol. The molecule has 1 aliphatic heterocycles. The van der Waals surface area contributed by atoms with Gasteiger partial charge in [0.2, 0.25) is 0 Å². The maximum Gasteiger partial charge on any atom is 0.410 e. The summed E-state index contributed by atoms with van der Waals surface area (Å²) in [6.45, 7) is 11.3. The Kier molecular flexibility index (Phi) is 8.35. The number of rotatable bonds is 5. The Bertz CT molecular complexity index is 495. The van der Waals surface area contributed by atoms with E-state index in [-0.39, 0.29) is 5.92 Å². The van der Waals surface area contributed by atoms with E-state index < -0.39 is 42.1 Å². The van der Waals surface area contributed by atoms with Crippen LogP contribution in [0.1, 0.15) is 60.8 Å². The molecule has 0 spiro atoms. The Morgan fingerprint density at radius 2 is 1.74 bits per heavy atom. The maximum absolute atomic E-state index is 12.4. The van der Waals surface area contributed by atoms with Gasteiger partial charge in [0.25, 0.3) is 0 Å². The van der Waals surface area contributed by atoms with E-state index >= 15 is 0 Å². The van der Waals surface area contributed by atoms with Crippen LogP contribution < -0.4 is 5.32 Å². The number of nitrogens with one attached hydrogen (secondary N) is 1. The van der Waals surface area contributed by atoms with Crippen LogP contribution in [0, 0.1) is 5.92 Å². The van der Waals surface area contributed by atoms with Gasteiger partial charge in [0.1, 0.15) is 11.2 Å². The van der Waals surface area contributed by atoms with Gasteiger partial charge >= 0.3 is 12.2 Å². The second kappa shape index (κ2) is 9.59. The summed E-state index contributed by atoms with van der Waals surface area (Å²) in [5.41, 5.74) is -1.17. The minimum absolute atomic E-state index is 0.213. The molecule has 2 amide bonds. The Morgan fingerprint density at radius 1 is 1.15 bits per heavy atom. The molecule has 1 rings (SSSR count). The van der Waals surface area contributed by atoms with Gasteiger partial charge in [-0.15, -0.1) is 0 Å². The average molecular weight is 389 g/mol. The Balaban J connectivity index is 2.58.